The summed E-state index contributed by atoms with van der Waals surface area (Å²) in [6.07, 6.45) is -1.55. The summed E-state index contributed by atoms with van der Waals surface area (Å²) in [6.45, 7) is 2.60. The Balaban J connectivity index is 2.28. The summed E-state index contributed by atoms with van der Waals surface area (Å²) in [6, 6.07) is 2.26. The Hall–Kier alpha value is -1.26. The molecule has 2 nitrogen and oxygen atoms in total. The Morgan fingerprint density at radius 3 is 2.59 bits per heavy atom. The number of aromatic nitrogens is 1. The minimum absolute atomic E-state index is 0.222. The summed E-state index contributed by atoms with van der Waals surface area (Å²) in [5.74, 6) is 0.558. The van der Waals surface area contributed by atoms with Crippen LogP contribution in [0.15, 0.2) is 12.1 Å². The molecule has 94 valence electrons. The Morgan fingerprint density at radius 1 is 1.35 bits per heavy atom. The van der Waals surface area contributed by atoms with Crippen LogP contribution in [0.3, 0.4) is 0 Å². The van der Waals surface area contributed by atoms with E-state index in [-0.39, 0.29) is 5.92 Å². The molecule has 1 aromatic heterocycles. The molecule has 0 unspecified atom stereocenters. The van der Waals surface area contributed by atoms with E-state index >= 15 is 0 Å². The van der Waals surface area contributed by atoms with Crippen molar-refractivity contribution in [3.63, 3.8) is 0 Å². The number of nitrogens with one attached hydrogen (secondary N) is 1. The number of hydrogen-bond acceptors (Lipinski definition) is 2. The van der Waals surface area contributed by atoms with Gasteiger partial charge >= 0.3 is 6.18 Å². The van der Waals surface area contributed by atoms with Gasteiger partial charge in [0.05, 0.1) is 5.56 Å². The average molecular weight is 244 g/mol. The molecular formula is C12H15F3N2. The molecule has 0 radical (unpaired) electrons. The fourth-order valence-electron chi connectivity index (χ4n) is 1.65. The number of anilines is 1. The molecule has 0 amide bonds. The highest BCUT2D eigenvalue weighted by molar-refractivity contribution is 5.42. The first-order chi connectivity index (χ1) is 8.00. The highest BCUT2D eigenvalue weighted by Gasteiger charge is 2.34. The molecule has 0 aliphatic heterocycles. The predicted molar refractivity (Wildman–Crippen MR) is 60.0 cm³/mol. The zero-order chi connectivity index (χ0) is 12.5. The molecule has 0 aromatic carbocycles. The number of halogens is 3. The van der Waals surface area contributed by atoms with Gasteiger partial charge in [-0.3, -0.25) is 0 Å². The van der Waals surface area contributed by atoms with E-state index in [9.17, 15) is 13.2 Å². The van der Waals surface area contributed by atoms with Gasteiger partial charge < -0.3 is 5.32 Å². The summed E-state index contributed by atoms with van der Waals surface area (Å²) < 4.78 is 38.1. The second kappa shape index (κ2) is 4.55. The molecule has 1 aliphatic carbocycles. The fourth-order valence-corrected chi connectivity index (χ4v) is 1.65. The Labute approximate surface area is 98.2 Å². The molecule has 0 saturated heterocycles. The van der Waals surface area contributed by atoms with Crippen molar-refractivity contribution in [2.24, 2.45) is 0 Å². The first-order valence-electron chi connectivity index (χ1n) is 5.83. The number of rotatable bonds is 4. The third kappa shape index (κ3) is 3.11. The maximum absolute atomic E-state index is 12.7. The molecular weight excluding hydrogens is 229 g/mol. The van der Waals surface area contributed by atoms with Crippen molar-refractivity contribution in [1.82, 2.24) is 4.98 Å². The van der Waals surface area contributed by atoms with E-state index in [1.54, 1.807) is 0 Å². The van der Waals surface area contributed by atoms with Crippen LogP contribution in [0.5, 0.6) is 0 Å². The minimum atomic E-state index is -4.30. The lowest BCUT2D eigenvalue weighted by atomic mass is 10.1. The van der Waals surface area contributed by atoms with E-state index in [0.29, 0.717) is 18.1 Å². The van der Waals surface area contributed by atoms with Crippen LogP contribution in [0.2, 0.25) is 0 Å². The van der Waals surface area contributed by atoms with E-state index in [1.807, 2.05) is 6.92 Å². The fraction of sp³-hybridized carbons (Fsp3) is 0.583. The highest BCUT2D eigenvalue weighted by Crippen LogP contribution is 2.41. The predicted octanol–water partition coefficient (Wildman–Crippen LogP) is 3.80. The first kappa shape index (κ1) is 12.2. The van der Waals surface area contributed by atoms with Crippen LogP contribution in [-0.2, 0) is 6.18 Å². The van der Waals surface area contributed by atoms with Gasteiger partial charge in [-0.05, 0) is 31.4 Å². The highest BCUT2D eigenvalue weighted by atomic mass is 19.4. The van der Waals surface area contributed by atoms with Crippen LogP contribution in [0, 0.1) is 0 Å². The number of pyridine rings is 1. The van der Waals surface area contributed by atoms with Gasteiger partial charge in [0.15, 0.2) is 0 Å². The van der Waals surface area contributed by atoms with Crippen molar-refractivity contribution < 1.29 is 13.2 Å². The molecule has 0 bridgehead atoms. The lowest BCUT2D eigenvalue weighted by molar-refractivity contribution is -0.137. The third-order valence-corrected chi connectivity index (χ3v) is 2.72. The van der Waals surface area contributed by atoms with Crippen molar-refractivity contribution in [3.8, 4) is 0 Å². The van der Waals surface area contributed by atoms with Crippen LogP contribution in [0.25, 0.3) is 0 Å². The van der Waals surface area contributed by atoms with E-state index in [0.717, 1.165) is 25.3 Å². The van der Waals surface area contributed by atoms with Crippen LogP contribution < -0.4 is 5.32 Å². The lowest BCUT2D eigenvalue weighted by Gasteiger charge is -2.12. The summed E-state index contributed by atoms with van der Waals surface area (Å²) in [7, 11) is 0. The van der Waals surface area contributed by atoms with Crippen LogP contribution >= 0.6 is 0 Å². The normalized spacial score (nSPS) is 16.0. The Morgan fingerprint density at radius 2 is 2.06 bits per heavy atom. The summed E-state index contributed by atoms with van der Waals surface area (Å²) in [5, 5.41) is 2.92. The second-order valence-electron chi connectivity index (χ2n) is 4.36. The van der Waals surface area contributed by atoms with Crippen LogP contribution in [0.4, 0.5) is 19.0 Å². The molecule has 2 rings (SSSR count). The molecule has 1 aliphatic rings. The third-order valence-electron chi connectivity index (χ3n) is 2.72. The number of hydrogen-bond donors (Lipinski definition) is 1. The average Bonchev–Trinajstić information content (AvgIpc) is 3.08. The quantitative estimate of drug-likeness (QED) is 0.871. The maximum Gasteiger partial charge on any atom is 0.416 e. The van der Waals surface area contributed by atoms with Gasteiger partial charge in [0, 0.05) is 18.2 Å². The Bertz CT molecular complexity index is 397. The molecule has 1 saturated carbocycles. The molecule has 1 aromatic rings. The molecule has 1 fully saturated rings. The maximum atomic E-state index is 12.7. The van der Waals surface area contributed by atoms with Gasteiger partial charge in [-0.2, -0.15) is 13.2 Å². The monoisotopic (exact) mass is 244 g/mol. The summed E-state index contributed by atoms with van der Waals surface area (Å²) in [4.78, 5) is 4.24. The second-order valence-corrected chi connectivity index (χ2v) is 4.36. The zero-order valence-corrected chi connectivity index (χ0v) is 9.64. The molecule has 1 N–H and O–H groups in total. The molecule has 17 heavy (non-hydrogen) atoms. The Kier molecular flexibility index (Phi) is 3.26. The minimum Gasteiger partial charge on any atom is -0.370 e. The smallest absolute Gasteiger partial charge is 0.370 e. The molecule has 0 atom stereocenters. The summed E-state index contributed by atoms with van der Waals surface area (Å²) in [5.41, 5.74) is -0.0357. The molecule has 0 spiro atoms. The van der Waals surface area contributed by atoms with Gasteiger partial charge in [-0.25, -0.2) is 4.98 Å². The van der Waals surface area contributed by atoms with Gasteiger partial charge in [0.1, 0.15) is 5.82 Å². The van der Waals surface area contributed by atoms with Crippen molar-refractivity contribution in [3.05, 3.63) is 23.4 Å². The first-order valence-corrected chi connectivity index (χ1v) is 5.83. The lowest BCUT2D eigenvalue weighted by Crippen LogP contribution is -2.10. The molecule has 5 heteroatoms. The van der Waals surface area contributed by atoms with Gasteiger partial charge in [0.2, 0.25) is 0 Å². The number of alkyl halides is 3. The van der Waals surface area contributed by atoms with Gasteiger partial charge in [0.25, 0.3) is 0 Å². The van der Waals surface area contributed by atoms with Gasteiger partial charge in [-0.15, -0.1) is 0 Å². The van der Waals surface area contributed by atoms with Gasteiger partial charge in [-0.1, -0.05) is 6.92 Å². The van der Waals surface area contributed by atoms with Crippen molar-refractivity contribution in [1.29, 1.82) is 0 Å². The SMILES string of the molecule is CCCNc1cc(C(F)(F)F)cc(C2CC2)n1. The summed E-state index contributed by atoms with van der Waals surface area (Å²) >= 11 is 0. The standard InChI is InChI=1S/C12H15F3N2/c1-2-5-16-11-7-9(12(13,14)15)6-10(17-11)8-3-4-8/h6-8H,2-5H2,1H3,(H,16,17). The van der Waals surface area contributed by atoms with E-state index in [1.165, 1.54) is 6.07 Å². The largest absolute Gasteiger partial charge is 0.416 e. The van der Waals surface area contributed by atoms with Crippen LogP contribution in [0.1, 0.15) is 43.4 Å². The van der Waals surface area contributed by atoms with E-state index in [4.69, 9.17) is 0 Å². The van der Waals surface area contributed by atoms with Crippen LogP contribution in [-0.4, -0.2) is 11.5 Å². The molecule has 1 heterocycles. The van der Waals surface area contributed by atoms with Crippen molar-refractivity contribution in [2.45, 2.75) is 38.3 Å². The van der Waals surface area contributed by atoms with E-state index < -0.39 is 11.7 Å². The van der Waals surface area contributed by atoms with E-state index in [2.05, 4.69) is 10.3 Å². The van der Waals surface area contributed by atoms with Crippen molar-refractivity contribution in [2.75, 3.05) is 11.9 Å². The number of nitrogens with zero attached hydrogens (tertiary/aromatic N) is 1. The van der Waals surface area contributed by atoms with Crippen molar-refractivity contribution >= 4 is 5.82 Å². The zero-order valence-electron chi connectivity index (χ0n) is 9.64. The topological polar surface area (TPSA) is 24.9 Å².